The molecule has 0 atom stereocenters. The van der Waals surface area contributed by atoms with Crippen LogP contribution in [0, 0.1) is 5.41 Å². The summed E-state index contributed by atoms with van der Waals surface area (Å²) in [5.41, 5.74) is 4.91. The van der Waals surface area contributed by atoms with Crippen molar-refractivity contribution in [2.24, 2.45) is 5.73 Å². The number of nitrogens with two attached hydrogens (primary N) is 1. The first-order valence-corrected chi connectivity index (χ1v) is 3.49. The Balaban J connectivity index is 4.21. The zero-order valence-corrected chi connectivity index (χ0v) is 6.87. The molecule has 4 heteroatoms. The van der Waals surface area contributed by atoms with Crippen molar-refractivity contribution in [3.63, 3.8) is 0 Å². The van der Waals surface area contributed by atoms with Crippen LogP contribution in [0.1, 0.15) is 0 Å². The fourth-order valence-electron chi connectivity index (χ4n) is 0.515. The predicted octanol–water partition coefficient (Wildman–Crippen LogP) is 2.37. The van der Waals surface area contributed by atoms with E-state index >= 15 is 0 Å². The molecule has 70 valence electrons. The lowest BCUT2D eigenvalue weighted by molar-refractivity contribution is 0.664. The van der Waals surface area contributed by atoms with E-state index in [1.165, 1.54) is 6.08 Å². The highest BCUT2D eigenvalue weighted by Gasteiger charge is 1.84. The van der Waals surface area contributed by atoms with E-state index in [0.717, 1.165) is 36.7 Å². The molecule has 13 heavy (non-hydrogen) atoms. The van der Waals surface area contributed by atoms with Gasteiger partial charge in [-0.25, -0.2) is 8.78 Å². The number of nitrogens with one attached hydrogen (secondary N) is 1. The van der Waals surface area contributed by atoms with Gasteiger partial charge in [0.15, 0.2) is 0 Å². The second-order valence-corrected chi connectivity index (χ2v) is 1.99. The molecular weight excluding hydrogens is 174 g/mol. The average Bonchev–Trinajstić information content (AvgIpc) is 2.05. The first-order chi connectivity index (χ1) is 6.20. The van der Waals surface area contributed by atoms with Gasteiger partial charge < -0.3 is 11.1 Å². The SMILES string of the molecule is N=C/C=C(F)/C=C/C=C(F)/C=C/N. The number of hydrogen-bond donors (Lipinski definition) is 2. The van der Waals surface area contributed by atoms with Crippen LogP contribution in [0.15, 0.2) is 48.2 Å². The fourth-order valence-corrected chi connectivity index (χ4v) is 0.515. The van der Waals surface area contributed by atoms with Crippen molar-refractivity contribution in [1.29, 1.82) is 5.41 Å². The van der Waals surface area contributed by atoms with Gasteiger partial charge in [-0.15, -0.1) is 0 Å². The van der Waals surface area contributed by atoms with Crippen LogP contribution in [0.3, 0.4) is 0 Å². The Morgan fingerprint density at radius 2 is 1.69 bits per heavy atom. The molecule has 0 heterocycles. The summed E-state index contributed by atoms with van der Waals surface area (Å²) in [6, 6.07) is 0. The van der Waals surface area contributed by atoms with Gasteiger partial charge in [0.25, 0.3) is 0 Å². The van der Waals surface area contributed by atoms with Gasteiger partial charge in [-0.2, -0.15) is 0 Å². The number of allylic oxidation sites excluding steroid dienone is 7. The Labute approximate surface area is 75.3 Å². The fraction of sp³-hybridized carbons (Fsp3) is 0. The minimum Gasteiger partial charge on any atom is -0.405 e. The maximum Gasteiger partial charge on any atom is 0.124 e. The number of halogens is 2. The van der Waals surface area contributed by atoms with E-state index in [2.05, 4.69) is 0 Å². The highest BCUT2D eigenvalue weighted by molar-refractivity contribution is 5.69. The van der Waals surface area contributed by atoms with Gasteiger partial charge in [0.2, 0.25) is 0 Å². The lowest BCUT2D eigenvalue weighted by Gasteiger charge is -1.82. The van der Waals surface area contributed by atoms with Gasteiger partial charge >= 0.3 is 0 Å². The quantitative estimate of drug-likeness (QED) is 0.511. The summed E-state index contributed by atoms with van der Waals surface area (Å²) in [5.74, 6) is -1.18. The Hall–Kier alpha value is -1.71. The van der Waals surface area contributed by atoms with Crippen LogP contribution in [0.2, 0.25) is 0 Å². The van der Waals surface area contributed by atoms with E-state index in [-0.39, 0.29) is 0 Å². The van der Waals surface area contributed by atoms with Gasteiger partial charge in [0, 0.05) is 6.21 Å². The molecule has 3 N–H and O–H groups in total. The van der Waals surface area contributed by atoms with E-state index in [1.807, 2.05) is 0 Å². The summed E-state index contributed by atoms with van der Waals surface area (Å²) in [7, 11) is 0. The highest BCUT2D eigenvalue weighted by Crippen LogP contribution is 2.01. The number of rotatable bonds is 4. The van der Waals surface area contributed by atoms with Gasteiger partial charge in [0.1, 0.15) is 11.7 Å². The Bertz CT molecular complexity index is 275. The van der Waals surface area contributed by atoms with Gasteiger partial charge in [-0.05, 0) is 30.5 Å². The molecule has 0 aromatic rings. The first-order valence-electron chi connectivity index (χ1n) is 3.49. The smallest absolute Gasteiger partial charge is 0.124 e. The summed E-state index contributed by atoms with van der Waals surface area (Å²) in [4.78, 5) is 0. The predicted molar refractivity (Wildman–Crippen MR) is 49.6 cm³/mol. The third-order valence-electron chi connectivity index (χ3n) is 1.01. The third-order valence-corrected chi connectivity index (χ3v) is 1.01. The largest absolute Gasteiger partial charge is 0.405 e. The van der Waals surface area contributed by atoms with Crippen LogP contribution < -0.4 is 5.73 Å². The second-order valence-electron chi connectivity index (χ2n) is 1.99. The molecule has 0 radical (unpaired) electrons. The van der Waals surface area contributed by atoms with Crippen molar-refractivity contribution in [2.75, 3.05) is 0 Å². The van der Waals surface area contributed by atoms with Crippen molar-refractivity contribution >= 4 is 6.21 Å². The topological polar surface area (TPSA) is 49.9 Å². The van der Waals surface area contributed by atoms with Crippen molar-refractivity contribution in [2.45, 2.75) is 0 Å². The maximum atomic E-state index is 12.5. The average molecular weight is 184 g/mol. The van der Waals surface area contributed by atoms with Crippen molar-refractivity contribution in [3.05, 3.63) is 48.2 Å². The third kappa shape index (κ3) is 6.68. The lowest BCUT2D eigenvalue weighted by atomic mass is 10.3. The van der Waals surface area contributed by atoms with E-state index in [0.29, 0.717) is 0 Å². The highest BCUT2D eigenvalue weighted by atomic mass is 19.1. The monoisotopic (exact) mass is 184 g/mol. The van der Waals surface area contributed by atoms with Crippen LogP contribution >= 0.6 is 0 Å². The van der Waals surface area contributed by atoms with Crippen LogP contribution in [-0.4, -0.2) is 6.21 Å². The van der Waals surface area contributed by atoms with Crippen LogP contribution in [0.4, 0.5) is 8.78 Å². The molecule has 0 spiro atoms. The maximum absolute atomic E-state index is 12.5. The normalized spacial score (nSPS) is 14.3. The molecule has 0 fully saturated rings. The van der Waals surface area contributed by atoms with Crippen LogP contribution in [0.25, 0.3) is 0 Å². The van der Waals surface area contributed by atoms with Crippen molar-refractivity contribution in [3.8, 4) is 0 Å². The Morgan fingerprint density at radius 3 is 2.23 bits per heavy atom. The second kappa shape index (κ2) is 6.97. The van der Waals surface area contributed by atoms with Gasteiger partial charge in [-0.3, -0.25) is 0 Å². The molecule has 0 unspecified atom stereocenters. The van der Waals surface area contributed by atoms with E-state index in [4.69, 9.17) is 11.1 Å². The van der Waals surface area contributed by atoms with Crippen molar-refractivity contribution < 1.29 is 8.78 Å². The zero-order chi connectivity index (χ0) is 10.1. The Morgan fingerprint density at radius 1 is 1.08 bits per heavy atom. The van der Waals surface area contributed by atoms with E-state index in [1.54, 1.807) is 0 Å². The van der Waals surface area contributed by atoms with Crippen LogP contribution in [-0.2, 0) is 0 Å². The summed E-state index contributed by atoms with van der Waals surface area (Å²) in [6.07, 6.45) is 7.12. The van der Waals surface area contributed by atoms with E-state index in [9.17, 15) is 8.78 Å². The zero-order valence-electron chi connectivity index (χ0n) is 6.87. The minimum atomic E-state index is -0.615. The minimum absolute atomic E-state index is 0.568. The molecule has 0 aliphatic heterocycles. The van der Waals surface area contributed by atoms with Gasteiger partial charge in [-0.1, -0.05) is 6.08 Å². The molecule has 2 nitrogen and oxygen atoms in total. The molecule has 0 amide bonds. The van der Waals surface area contributed by atoms with Gasteiger partial charge in [0.05, 0.1) is 0 Å². The molecule has 0 aliphatic carbocycles. The molecule has 0 aromatic carbocycles. The lowest BCUT2D eigenvalue weighted by Crippen LogP contribution is -1.75. The summed E-state index contributed by atoms with van der Waals surface area (Å²) in [6.45, 7) is 0. The molecule has 0 aliphatic rings. The van der Waals surface area contributed by atoms with Crippen molar-refractivity contribution in [1.82, 2.24) is 0 Å². The summed E-state index contributed by atoms with van der Waals surface area (Å²) >= 11 is 0. The molecule has 0 rings (SSSR count). The van der Waals surface area contributed by atoms with Crippen LogP contribution in [0.5, 0.6) is 0 Å². The number of hydrogen-bond acceptors (Lipinski definition) is 2. The Kier molecular flexibility index (Phi) is 6.05. The molecule has 0 saturated carbocycles. The summed E-state index contributed by atoms with van der Waals surface area (Å²) in [5, 5.41) is 6.53. The molecule has 0 bridgehead atoms. The van der Waals surface area contributed by atoms with E-state index < -0.39 is 11.7 Å². The molecular formula is C9H10F2N2. The summed E-state index contributed by atoms with van der Waals surface area (Å²) < 4.78 is 25.0. The molecule has 0 aromatic heterocycles. The standard InChI is InChI=1S/C9H10F2N2/c10-8(4-6-12)2-1-3-9(11)5-7-13/h1-7,12H,13H2/b2-1+,7-5+,8-4-,9-3-,12-6?. The first kappa shape index (κ1) is 11.3. The molecule has 0 saturated heterocycles.